The molecule has 2 heterocycles. The number of aromatic nitrogens is 1. The van der Waals surface area contributed by atoms with Crippen LogP contribution in [-0.2, 0) is 0 Å². The Kier molecular flexibility index (Phi) is 5.50. The Morgan fingerprint density at radius 1 is 0.512 bits per heavy atom. The fraction of sp³-hybridized carbons (Fsp3) is 0. The van der Waals surface area contributed by atoms with E-state index in [0.717, 1.165) is 18.2 Å². The summed E-state index contributed by atoms with van der Waals surface area (Å²) >= 11 is 1.23. The Balaban J connectivity index is 1.90. The van der Waals surface area contributed by atoms with Crippen molar-refractivity contribution in [2.24, 2.45) is 0 Å². The van der Waals surface area contributed by atoms with Gasteiger partial charge in [0.25, 0.3) is 0 Å². The van der Waals surface area contributed by atoms with Crippen LogP contribution in [0, 0.1) is 52.4 Å². The quantitative estimate of drug-likeness (QED) is 0.105. The van der Waals surface area contributed by atoms with Crippen molar-refractivity contribution in [3.8, 4) is 16.8 Å². The molecule has 4 bridgehead atoms. The summed E-state index contributed by atoms with van der Waals surface area (Å²) in [6, 6.07) is 13.8. The molecule has 0 saturated carbocycles. The molecule has 0 N–H and O–H groups in total. The summed E-state index contributed by atoms with van der Waals surface area (Å²) in [7, 11) is 0. The first-order chi connectivity index (χ1) is 19.6. The second-order valence-corrected chi connectivity index (χ2v) is 10.3. The third kappa shape index (κ3) is 3.35. The molecule has 11 heteroatoms. The Morgan fingerprint density at radius 3 is 1.88 bits per heavy atom. The van der Waals surface area contributed by atoms with Crippen molar-refractivity contribution in [1.82, 2.24) is 4.57 Å². The summed E-state index contributed by atoms with van der Waals surface area (Å²) in [4.78, 5) is 1.04. The Labute approximate surface area is 228 Å². The molecule has 1 nitrogen and oxygen atoms in total. The molecule has 6 aromatic rings. The van der Waals surface area contributed by atoms with Crippen molar-refractivity contribution >= 4 is 44.3 Å². The van der Waals surface area contributed by atoms with Gasteiger partial charge in [0.1, 0.15) is 5.82 Å². The molecule has 0 saturated heterocycles. The van der Waals surface area contributed by atoms with E-state index in [-0.39, 0.29) is 10.9 Å². The summed E-state index contributed by atoms with van der Waals surface area (Å²) in [5.41, 5.74) is -1.92. The van der Waals surface area contributed by atoms with E-state index in [1.807, 2.05) is 0 Å². The van der Waals surface area contributed by atoms with Gasteiger partial charge in [0.05, 0.1) is 33.1 Å². The fourth-order valence-electron chi connectivity index (χ4n) is 5.30. The largest absolute Gasteiger partial charge is 0.307 e. The number of halogens is 9. The highest BCUT2D eigenvalue weighted by Gasteiger charge is 2.31. The normalized spacial score (nSPS) is 12.4. The minimum atomic E-state index is -2.39. The summed E-state index contributed by atoms with van der Waals surface area (Å²) in [5, 5.41) is -2.66. The molecule has 0 spiro atoms. The average Bonchev–Trinajstić information content (AvgIpc) is 3.00. The zero-order valence-electron chi connectivity index (χ0n) is 20.0. The fourth-order valence-corrected chi connectivity index (χ4v) is 6.34. The molecule has 1 aliphatic rings. The summed E-state index contributed by atoms with van der Waals surface area (Å²) in [6.45, 7) is 0. The lowest BCUT2D eigenvalue weighted by atomic mass is 9.98. The van der Waals surface area contributed by atoms with Crippen molar-refractivity contribution in [2.75, 3.05) is 0 Å². The number of fused-ring (bicyclic) bond motifs is 9. The van der Waals surface area contributed by atoms with Gasteiger partial charge in [-0.3, -0.25) is 0 Å². The van der Waals surface area contributed by atoms with Crippen LogP contribution in [0.25, 0.3) is 49.4 Å². The van der Waals surface area contributed by atoms with Crippen LogP contribution in [0.1, 0.15) is 0 Å². The lowest BCUT2D eigenvalue weighted by Gasteiger charge is -2.24. The highest BCUT2D eigenvalue weighted by atomic mass is 32.2. The number of hydrogen-bond donors (Lipinski definition) is 0. The molecule has 41 heavy (non-hydrogen) atoms. The van der Waals surface area contributed by atoms with Crippen LogP contribution >= 0.6 is 11.8 Å². The smallest absolute Gasteiger partial charge is 0.200 e. The van der Waals surface area contributed by atoms with E-state index in [1.54, 1.807) is 24.3 Å². The first kappa shape index (κ1) is 25.6. The summed E-state index contributed by atoms with van der Waals surface area (Å²) in [5.74, 6) is -18.5. The molecule has 0 atom stereocenters. The maximum absolute atomic E-state index is 16.1. The molecule has 0 radical (unpaired) electrons. The van der Waals surface area contributed by atoms with Gasteiger partial charge in [-0.2, -0.15) is 0 Å². The second-order valence-electron chi connectivity index (χ2n) is 9.24. The van der Waals surface area contributed by atoms with Gasteiger partial charge in [0.15, 0.2) is 40.7 Å². The minimum Gasteiger partial charge on any atom is -0.307 e. The van der Waals surface area contributed by atoms with Crippen molar-refractivity contribution < 1.29 is 39.5 Å². The molecule has 0 aliphatic carbocycles. The summed E-state index contributed by atoms with van der Waals surface area (Å²) < 4.78 is 136. The van der Waals surface area contributed by atoms with E-state index in [2.05, 4.69) is 0 Å². The third-order valence-corrected chi connectivity index (χ3v) is 8.22. The lowest BCUT2D eigenvalue weighted by molar-refractivity contribution is 0.381. The first-order valence-corrected chi connectivity index (χ1v) is 12.7. The zero-order valence-corrected chi connectivity index (χ0v) is 20.8. The highest BCUT2D eigenvalue weighted by Crippen LogP contribution is 2.46. The lowest BCUT2D eigenvalue weighted by Crippen LogP contribution is -2.08. The van der Waals surface area contributed by atoms with Crippen molar-refractivity contribution in [2.45, 2.75) is 9.79 Å². The predicted molar refractivity (Wildman–Crippen MR) is 136 cm³/mol. The molecule has 5 aromatic carbocycles. The van der Waals surface area contributed by atoms with E-state index in [4.69, 9.17) is 0 Å². The van der Waals surface area contributed by atoms with Gasteiger partial charge in [-0.15, -0.1) is 0 Å². The van der Waals surface area contributed by atoms with Crippen LogP contribution in [0.5, 0.6) is 0 Å². The first-order valence-electron chi connectivity index (χ1n) is 11.8. The third-order valence-electron chi connectivity index (χ3n) is 7.09. The van der Waals surface area contributed by atoms with Crippen LogP contribution < -0.4 is 0 Å². The molecule has 0 unspecified atom stereocenters. The van der Waals surface area contributed by atoms with Gasteiger partial charge in [-0.1, -0.05) is 48.2 Å². The standard InChI is InChI=1S/C30H10F9NS/c31-21-18-11-8-9-17-15(10-11)40(14-6-1-2-7-16(14)41-17)30-12(19(21)23(33)26(36)22(18)32)4-3-5-13(30)20-24(34)27(37)29(39)28(38)25(20)35/h1-10H. The van der Waals surface area contributed by atoms with Crippen LogP contribution in [0.3, 0.4) is 0 Å². The maximum atomic E-state index is 16.1. The van der Waals surface area contributed by atoms with E-state index < -0.39 is 85.2 Å². The van der Waals surface area contributed by atoms with Crippen LogP contribution in [0.15, 0.2) is 70.5 Å². The predicted octanol–water partition coefficient (Wildman–Crippen LogP) is 9.88. The Hall–Kier alpha value is -4.38. The van der Waals surface area contributed by atoms with Crippen LogP contribution in [-0.4, -0.2) is 4.57 Å². The Morgan fingerprint density at radius 2 is 1.15 bits per heavy atom. The molecular formula is C30H10F9NS. The number of nitrogens with zero attached hydrogens (tertiary/aromatic N) is 1. The second kappa shape index (κ2) is 8.81. The van der Waals surface area contributed by atoms with E-state index in [1.165, 1.54) is 34.5 Å². The van der Waals surface area contributed by atoms with Crippen LogP contribution in [0.2, 0.25) is 0 Å². The molecule has 7 rings (SSSR count). The monoisotopic (exact) mass is 587 g/mol. The zero-order chi connectivity index (χ0) is 28.9. The van der Waals surface area contributed by atoms with Gasteiger partial charge in [0, 0.05) is 20.7 Å². The molecule has 1 aromatic heterocycles. The van der Waals surface area contributed by atoms with Gasteiger partial charge in [0.2, 0.25) is 5.82 Å². The molecule has 0 fully saturated rings. The van der Waals surface area contributed by atoms with Gasteiger partial charge < -0.3 is 4.57 Å². The maximum Gasteiger partial charge on any atom is 0.200 e. The van der Waals surface area contributed by atoms with E-state index in [9.17, 15) is 17.6 Å². The van der Waals surface area contributed by atoms with Crippen LogP contribution in [0.4, 0.5) is 39.5 Å². The van der Waals surface area contributed by atoms with Crippen molar-refractivity contribution in [3.63, 3.8) is 0 Å². The number of rotatable bonds is 1. The van der Waals surface area contributed by atoms with Crippen molar-refractivity contribution in [1.29, 1.82) is 0 Å². The van der Waals surface area contributed by atoms with Gasteiger partial charge in [-0.25, -0.2) is 39.5 Å². The van der Waals surface area contributed by atoms with E-state index in [0.29, 0.717) is 15.5 Å². The van der Waals surface area contributed by atoms with E-state index >= 15 is 22.0 Å². The number of benzene rings is 5. The number of hydrogen-bond acceptors (Lipinski definition) is 1. The highest BCUT2D eigenvalue weighted by molar-refractivity contribution is 7.99. The molecule has 0 amide bonds. The Bertz CT molecular complexity index is 2160. The minimum absolute atomic E-state index is 0.172. The molecular weight excluding hydrogens is 577 g/mol. The SMILES string of the molecule is Fc1c(F)c(F)c(-c2cccc3c4c(F)c(F)c(F)c(c4F)c4ccc5c(c4)n(c23)-c2ccccc2S5)c(F)c1F. The summed E-state index contributed by atoms with van der Waals surface area (Å²) in [6.07, 6.45) is 0. The van der Waals surface area contributed by atoms with Crippen molar-refractivity contribution in [3.05, 3.63) is 113 Å². The van der Waals surface area contributed by atoms with Gasteiger partial charge >= 0.3 is 0 Å². The molecule has 204 valence electrons. The average molecular weight is 587 g/mol. The molecule has 1 aliphatic heterocycles. The topological polar surface area (TPSA) is 4.93 Å². The number of para-hydroxylation sites is 2. The van der Waals surface area contributed by atoms with Gasteiger partial charge in [-0.05, 0) is 29.7 Å².